The van der Waals surface area contributed by atoms with Crippen LogP contribution in [-0.2, 0) is 19.5 Å². The van der Waals surface area contributed by atoms with Crippen molar-refractivity contribution in [2.24, 2.45) is 0 Å². The normalized spacial score (nSPS) is 11.4. The van der Waals surface area contributed by atoms with Crippen molar-refractivity contribution in [3.05, 3.63) is 169 Å². The van der Waals surface area contributed by atoms with Crippen LogP contribution in [0.1, 0.15) is 11.1 Å². The van der Waals surface area contributed by atoms with Crippen LogP contribution in [0.2, 0.25) is 0 Å². The maximum absolute atomic E-state index is 2.30. The Morgan fingerprint density at radius 2 is 0.684 bits per heavy atom. The molecule has 0 heterocycles. The Labute approximate surface area is 243 Å². The van der Waals surface area contributed by atoms with Gasteiger partial charge in [0, 0.05) is 25.9 Å². The second-order valence-corrected chi connectivity index (χ2v) is 13.5. The zero-order valence-corrected chi connectivity index (χ0v) is 24.7. The number of fused-ring (bicyclic) bond motifs is 1. The van der Waals surface area contributed by atoms with Crippen LogP contribution < -0.4 is 21.2 Å². The van der Waals surface area contributed by atoms with Gasteiger partial charge in [-0.3, -0.25) is 0 Å². The number of hydrogen-bond acceptors (Lipinski definition) is 0. The minimum atomic E-state index is -0.348. The fourth-order valence-corrected chi connectivity index (χ4v) is 9.87. The molecule has 0 N–H and O–H groups in total. The van der Waals surface area contributed by atoms with Crippen molar-refractivity contribution in [1.29, 1.82) is 0 Å². The summed E-state index contributed by atoms with van der Waals surface area (Å²) in [5, 5.41) is 5.89. The van der Waals surface area contributed by atoms with Crippen LogP contribution >= 0.6 is 15.8 Å². The van der Waals surface area contributed by atoms with Gasteiger partial charge in [0.05, 0.1) is 0 Å². The van der Waals surface area contributed by atoms with Gasteiger partial charge < -0.3 is 0 Å². The Balaban J connectivity index is 0.000000282. The third kappa shape index (κ3) is 7.68. The van der Waals surface area contributed by atoms with Crippen LogP contribution in [0.4, 0.5) is 0 Å². The van der Waals surface area contributed by atoms with Crippen molar-refractivity contribution in [3.63, 3.8) is 0 Å². The van der Waals surface area contributed by atoms with Crippen LogP contribution in [0.15, 0.2) is 152 Å². The van der Waals surface area contributed by atoms with Gasteiger partial charge in [0.15, 0.2) is 0 Å². The first kappa shape index (κ1) is 28.3. The second kappa shape index (κ2) is 15.1. The molecule has 190 valence electrons. The summed E-state index contributed by atoms with van der Waals surface area (Å²) in [4.78, 5) is 0. The molecule has 0 bridgehead atoms. The Morgan fingerprint density at radius 1 is 0.368 bits per heavy atom. The summed E-state index contributed by atoms with van der Waals surface area (Å²) in [5.74, 6) is 0. The third-order valence-electron chi connectivity index (χ3n) is 6.37. The van der Waals surface area contributed by atoms with Crippen molar-refractivity contribution >= 4 is 43.1 Å². The van der Waals surface area contributed by atoms with Gasteiger partial charge in [-0.15, -0.1) is 0 Å². The SMILES string of the molecule is [CH]1C=Cc2ccccc21.[Rh].c1ccc(P(CCP(c2ccccc2)c2ccccc2)c2ccccc2)cc1. The fraction of sp³-hybridized carbons (Fsp3) is 0.0571. The molecule has 0 unspecified atom stereocenters. The van der Waals surface area contributed by atoms with E-state index in [0.717, 1.165) is 0 Å². The van der Waals surface area contributed by atoms with Crippen molar-refractivity contribution in [2.45, 2.75) is 0 Å². The molecule has 0 nitrogen and oxygen atoms in total. The molecule has 5 aromatic carbocycles. The number of allylic oxidation sites excluding steroid dienone is 1. The standard InChI is InChI=1S/C26H24P2.C9H7.Rh/c1-5-13-23(14-6-1)27(24-15-7-2-8-16-24)21-22-28(25-17-9-3-10-18-25)26-19-11-4-12-20-26;1-2-5-9-7-3-6-8(9)4-1;/h1-20H,21-22H2;1-7H;. The molecule has 0 atom stereocenters. The Bertz CT molecular complexity index is 1230. The van der Waals surface area contributed by atoms with Crippen LogP contribution in [-0.4, -0.2) is 12.3 Å². The van der Waals surface area contributed by atoms with Gasteiger partial charge in [-0.2, -0.15) is 0 Å². The summed E-state index contributed by atoms with van der Waals surface area (Å²) < 4.78 is 0. The number of benzene rings is 5. The van der Waals surface area contributed by atoms with Crippen LogP contribution in [0.25, 0.3) is 6.08 Å². The van der Waals surface area contributed by atoms with Gasteiger partial charge in [-0.05, 0) is 60.5 Å². The van der Waals surface area contributed by atoms with E-state index in [1.165, 1.54) is 44.7 Å². The first-order valence-electron chi connectivity index (χ1n) is 12.7. The van der Waals surface area contributed by atoms with E-state index in [1.807, 2.05) is 0 Å². The molecule has 0 aromatic heterocycles. The minimum absolute atomic E-state index is 0. The van der Waals surface area contributed by atoms with Crippen LogP contribution in [0.5, 0.6) is 0 Å². The van der Waals surface area contributed by atoms with Crippen molar-refractivity contribution in [1.82, 2.24) is 0 Å². The van der Waals surface area contributed by atoms with Crippen LogP contribution in [0, 0.1) is 6.42 Å². The van der Waals surface area contributed by atoms with Gasteiger partial charge >= 0.3 is 0 Å². The molecule has 0 saturated heterocycles. The maximum Gasteiger partial charge on any atom is 0.0131 e. The molecule has 0 aliphatic heterocycles. The average Bonchev–Trinajstić information content (AvgIpc) is 3.47. The summed E-state index contributed by atoms with van der Waals surface area (Å²) in [6.07, 6.45) is 8.73. The van der Waals surface area contributed by atoms with E-state index in [2.05, 4.69) is 164 Å². The summed E-state index contributed by atoms with van der Waals surface area (Å²) in [6, 6.07) is 52.6. The first-order valence-corrected chi connectivity index (χ1v) is 15.8. The molecule has 6 rings (SSSR count). The molecule has 5 aromatic rings. The maximum atomic E-state index is 2.30. The van der Waals surface area contributed by atoms with Crippen molar-refractivity contribution < 1.29 is 19.5 Å². The molecule has 0 saturated carbocycles. The smallest absolute Gasteiger partial charge is 0.0131 e. The molecule has 0 spiro atoms. The van der Waals surface area contributed by atoms with E-state index in [9.17, 15) is 0 Å². The fourth-order valence-electron chi connectivity index (χ4n) is 4.52. The molecule has 38 heavy (non-hydrogen) atoms. The van der Waals surface area contributed by atoms with E-state index in [1.54, 1.807) is 0 Å². The Kier molecular flexibility index (Phi) is 11.2. The Morgan fingerprint density at radius 3 is 1.03 bits per heavy atom. The van der Waals surface area contributed by atoms with E-state index >= 15 is 0 Å². The topological polar surface area (TPSA) is 0 Å². The summed E-state index contributed by atoms with van der Waals surface area (Å²) in [5.41, 5.74) is 2.66. The van der Waals surface area contributed by atoms with Crippen molar-refractivity contribution in [2.75, 3.05) is 12.3 Å². The molecule has 2 radical (unpaired) electrons. The monoisotopic (exact) mass is 616 g/mol. The largest absolute Gasteiger partial charge is 0.0755 e. The summed E-state index contributed by atoms with van der Waals surface area (Å²) in [7, 11) is -0.696. The molecule has 0 amide bonds. The number of rotatable bonds is 7. The average molecular weight is 616 g/mol. The van der Waals surface area contributed by atoms with E-state index in [-0.39, 0.29) is 35.3 Å². The Hall–Kier alpha value is -2.68. The third-order valence-corrected chi connectivity index (χ3v) is 11.7. The van der Waals surface area contributed by atoms with Crippen LogP contribution in [0.3, 0.4) is 0 Å². The van der Waals surface area contributed by atoms with E-state index < -0.39 is 0 Å². The minimum Gasteiger partial charge on any atom is -0.0755 e. The second-order valence-electron chi connectivity index (χ2n) is 8.80. The first-order chi connectivity index (χ1) is 18.4. The van der Waals surface area contributed by atoms with Gasteiger partial charge in [-0.1, -0.05) is 158 Å². The summed E-state index contributed by atoms with van der Waals surface area (Å²) >= 11 is 0. The number of hydrogen-bond donors (Lipinski definition) is 0. The summed E-state index contributed by atoms with van der Waals surface area (Å²) in [6.45, 7) is 0. The zero-order chi connectivity index (χ0) is 25.1. The molecule has 1 aliphatic rings. The van der Waals surface area contributed by atoms with E-state index in [4.69, 9.17) is 0 Å². The van der Waals surface area contributed by atoms with Gasteiger partial charge in [0.25, 0.3) is 0 Å². The molecule has 3 heteroatoms. The zero-order valence-electron chi connectivity index (χ0n) is 21.2. The quantitative estimate of drug-likeness (QED) is 0.131. The molecule has 0 fully saturated rings. The predicted octanol–water partition coefficient (Wildman–Crippen LogP) is 7.52. The van der Waals surface area contributed by atoms with Gasteiger partial charge in [0.2, 0.25) is 0 Å². The van der Waals surface area contributed by atoms with Gasteiger partial charge in [0.1, 0.15) is 0 Å². The van der Waals surface area contributed by atoms with E-state index in [0.29, 0.717) is 0 Å². The molecular formula is C35H31P2Rh. The van der Waals surface area contributed by atoms with Crippen molar-refractivity contribution in [3.8, 4) is 0 Å². The molecular weight excluding hydrogens is 585 g/mol. The van der Waals surface area contributed by atoms with Gasteiger partial charge in [-0.25, -0.2) is 0 Å². The molecule has 1 aliphatic carbocycles. The predicted molar refractivity (Wildman–Crippen MR) is 167 cm³/mol.